The standard InChI is InChI=1S/C20H22ClFN4O2S/c1-14-19(15-6-4-7-17(12-15)29(27,28)25(2)3)20-18(8-5-10-23-20)26(14)13-16(22)9-11-24-21/h4-10,12,24H,11,13H2,1-3H3/b16-9-. The SMILES string of the molecule is Cc1c(-c2cccc(S(=O)(=O)N(C)C)c2)c2ncccc2n1C/C(F)=C/CNCl. The first kappa shape index (κ1) is 21.4. The Morgan fingerprint density at radius 3 is 2.76 bits per heavy atom. The van der Waals surface area contributed by atoms with Gasteiger partial charge in [-0.3, -0.25) is 4.98 Å². The number of fused-ring (bicyclic) bond motifs is 1. The van der Waals surface area contributed by atoms with Crippen molar-refractivity contribution in [1.82, 2.24) is 18.7 Å². The van der Waals surface area contributed by atoms with Crippen LogP contribution >= 0.6 is 11.8 Å². The van der Waals surface area contributed by atoms with E-state index in [0.29, 0.717) is 11.1 Å². The molecule has 0 spiro atoms. The molecule has 0 aliphatic heterocycles. The van der Waals surface area contributed by atoms with Gasteiger partial charge in [-0.2, -0.15) is 0 Å². The zero-order valence-corrected chi connectivity index (χ0v) is 17.9. The summed E-state index contributed by atoms with van der Waals surface area (Å²) < 4.78 is 42.4. The highest BCUT2D eigenvalue weighted by Gasteiger charge is 2.21. The molecule has 3 rings (SSSR count). The first-order valence-corrected chi connectivity index (χ1v) is 10.7. The largest absolute Gasteiger partial charge is 0.336 e. The fourth-order valence-corrected chi connectivity index (χ4v) is 4.26. The summed E-state index contributed by atoms with van der Waals surface area (Å²) in [5.41, 5.74) is 3.73. The number of allylic oxidation sites excluding steroid dienone is 1. The molecule has 0 aliphatic carbocycles. The maximum Gasteiger partial charge on any atom is 0.242 e. The van der Waals surface area contributed by atoms with Crippen LogP contribution in [0.4, 0.5) is 4.39 Å². The van der Waals surface area contributed by atoms with Crippen molar-refractivity contribution in [2.75, 3.05) is 20.6 Å². The van der Waals surface area contributed by atoms with Gasteiger partial charge >= 0.3 is 0 Å². The number of nitrogens with zero attached hydrogens (tertiary/aromatic N) is 3. The summed E-state index contributed by atoms with van der Waals surface area (Å²) in [6, 6.07) is 10.4. The van der Waals surface area contributed by atoms with E-state index in [0.717, 1.165) is 16.8 Å². The number of aromatic nitrogens is 2. The number of halogens is 2. The van der Waals surface area contributed by atoms with Crippen LogP contribution in [-0.4, -0.2) is 42.9 Å². The van der Waals surface area contributed by atoms with Crippen molar-refractivity contribution < 1.29 is 12.8 Å². The van der Waals surface area contributed by atoms with Crippen LogP contribution in [0.3, 0.4) is 0 Å². The normalized spacial score (nSPS) is 12.8. The number of hydrogen-bond acceptors (Lipinski definition) is 4. The summed E-state index contributed by atoms with van der Waals surface area (Å²) in [5.74, 6) is -0.336. The fraction of sp³-hybridized carbons (Fsp3) is 0.250. The van der Waals surface area contributed by atoms with E-state index in [-0.39, 0.29) is 23.8 Å². The number of pyridine rings is 1. The molecular weight excluding hydrogens is 415 g/mol. The molecule has 0 amide bonds. The van der Waals surface area contributed by atoms with Crippen LogP contribution in [-0.2, 0) is 16.6 Å². The topological polar surface area (TPSA) is 67.2 Å². The van der Waals surface area contributed by atoms with Crippen LogP contribution in [0.1, 0.15) is 5.69 Å². The minimum atomic E-state index is -3.58. The molecule has 9 heteroatoms. The van der Waals surface area contributed by atoms with Gasteiger partial charge in [0.25, 0.3) is 0 Å². The zero-order chi connectivity index (χ0) is 21.2. The third kappa shape index (κ3) is 4.20. The molecule has 0 saturated carbocycles. The molecule has 3 aromatic rings. The average Bonchev–Trinajstić information content (AvgIpc) is 2.98. The molecule has 29 heavy (non-hydrogen) atoms. The smallest absolute Gasteiger partial charge is 0.242 e. The van der Waals surface area contributed by atoms with E-state index < -0.39 is 10.0 Å². The van der Waals surface area contributed by atoms with E-state index >= 15 is 0 Å². The predicted octanol–water partition coefficient (Wildman–Crippen LogP) is 3.86. The average molecular weight is 437 g/mol. The second-order valence-electron chi connectivity index (χ2n) is 6.72. The van der Waals surface area contributed by atoms with Gasteiger partial charge in [-0.1, -0.05) is 12.1 Å². The number of benzene rings is 1. The molecule has 0 radical (unpaired) electrons. The molecule has 0 bridgehead atoms. The van der Waals surface area contributed by atoms with Gasteiger partial charge in [-0.05, 0) is 54.6 Å². The van der Waals surface area contributed by atoms with Crippen molar-refractivity contribution in [3.63, 3.8) is 0 Å². The Morgan fingerprint density at radius 1 is 1.31 bits per heavy atom. The summed E-state index contributed by atoms with van der Waals surface area (Å²) in [5, 5.41) is 0. The Hall–Kier alpha value is -2.26. The molecule has 0 unspecified atom stereocenters. The summed E-state index contributed by atoms with van der Waals surface area (Å²) in [6.45, 7) is 2.11. The second-order valence-corrected chi connectivity index (χ2v) is 9.14. The van der Waals surface area contributed by atoms with Crippen LogP contribution in [0.5, 0.6) is 0 Å². The lowest BCUT2D eigenvalue weighted by molar-refractivity contribution is 0.521. The lowest BCUT2D eigenvalue weighted by Gasteiger charge is -2.12. The van der Waals surface area contributed by atoms with Crippen molar-refractivity contribution in [1.29, 1.82) is 0 Å². The van der Waals surface area contributed by atoms with E-state index in [1.54, 1.807) is 30.5 Å². The molecule has 154 valence electrons. The molecule has 2 aromatic heterocycles. The lowest BCUT2D eigenvalue weighted by atomic mass is 10.1. The highest BCUT2D eigenvalue weighted by Crippen LogP contribution is 2.35. The van der Waals surface area contributed by atoms with Crippen LogP contribution in [0.2, 0.25) is 0 Å². The predicted molar refractivity (Wildman–Crippen MR) is 114 cm³/mol. The van der Waals surface area contributed by atoms with E-state index in [4.69, 9.17) is 11.8 Å². The third-order valence-electron chi connectivity index (χ3n) is 4.69. The molecule has 1 N–H and O–H groups in total. The highest BCUT2D eigenvalue weighted by atomic mass is 35.5. The van der Waals surface area contributed by atoms with Crippen molar-refractivity contribution >= 4 is 32.8 Å². The van der Waals surface area contributed by atoms with Crippen LogP contribution in [0.25, 0.3) is 22.2 Å². The summed E-state index contributed by atoms with van der Waals surface area (Å²) >= 11 is 5.40. The number of hydrogen-bond donors (Lipinski definition) is 1. The maximum atomic E-state index is 14.3. The number of sulfonamides is 1. The van der Waals surface area contributed by atoms with Crippen molar-refractivity contribution in [2.45, 2.75) is 18.4 Å². The van der Waals surface area contributed by atoms with E-state index in [1.165, 1.54) is 24.5 Å². The lowest BCUT2D eigenvalue weighted by Crippen LogP contribution is -2.22. The fourth-order valence-electron chi connectivity index (χ4n) is 3.23. The molecule has 0 saturated heterocycles. The van der Waals surface area contributed by atoms with E-state index in [1.807, 2.05) is 23.6 Å². The van der Waals surface area contributed by atoms with Crippen molar-refractivity contribution in [3.05, 3.63) is 60.2 Å². The monoisotopic (exact) mass is 436 g/mol. The minimum absolute atomic E-state index is 0.0300. The van der Waals surface area contributed by atoms with E-state index in [9.17, 15) is 12.8 Å². The van der Waals surface area contributed by atoms with E-state index in [2.05, 4.69) is 9.82 Å². The molecule has 0 fully saturated rings. The Labute approximate surface area is 174 Å². The van der Waals surface area contributed by atoms with Gasteiger partial charge in [0.2, 0.25) is 10.0 Å². The highest BCUT2D eigenvalue weighted by molar-refractivity contribution is 7.89. The Balaban J connectivity index is 2.18. The summed E-state index contributed by atoms with van der Waals surface area (Å²) in [6.07, 6.45) is 3.04. The third-order valence-corrected chi connectivity index (χ3v) is 6.66. The first-order chi connectivity index (χ1) is 13.8. The number of rotatable bonds is 7. The van der Waals surface area contributed by atoms with Gasteiger partial charge in [0.15, 0.2) is 0 Å². The van der Waals surface area contributed by atoms with Crippen LogP contribution in [0.15, 0.2) is 59.4 Å². The Bertz CT molecular complexity index is 1170. The second kappa shape index (κ2) is 8.62. The molecule has 1 aromatic carbocycles. The minimum Gasteiger partial charge on any atom is -0.336 e. The van der Waals surface area contributed by atoms with Gasteiger partial charge < -0.3 is 4.57 Å². The maximum absolute atomic E-state index is 14.3. The molecular formula is C20H22ClFN4O2S. The van der Waals surface area contributed by atoms with Crippen molar-refractivity contribution in [2.24, 2.45) is 0 Å². The molecule has 2 heterocycles. The number of nitrogens with one attached hydrogen (secondary N) is 1. The van der Waals surface area contributed by atoms with Gasteiger partial charge in [-0.15, -0.1) is 0 Å². The molecule has 6 nitrogen and oxygen atoms in total. The van der Waals surface area contributed by atoms with Gasteiger partial charge in [0.1, 0.15) is 5.83 Å². The van der Waals surface area contributed by atoms with Crippen molar-refractivity contribution in [3.8, 4) is 11.1 Å². The Kier molecular flexibility index (Phi) is 6.38. The van der Waals surface area contributed by atoms with Crippen LogP contribution < -0.4 is 4.84 Å². The summed E-state index contributed by atoms with van der Waals surface area (Å²) in [4.78, 5) is 7.04. The zero-order valence-electron chi connectivity index (χ0n) is 16.4. The van der Waals surface area contributed by atoms with Gasteiger partial charge in [0, 0.05) is 38.1 Å². The Morgan fingerprint density at radius 2 is 2.07 bits per heavy atom. The first-order valence-electron chi connectivity index (χ1n) is 8.92. The molecule has 0 aliphatic rings. The molecule has 0 atom stereocenters. The quantitative estimate of drug-likeness (QED) is 0.571. The van der Waals surface area contributed by atoms with Gasteiger partial charge in [0.05, 0.1) is 22.5 Å². The summed E-state index contributed by atoms with van der Waals surface area (Å²) in [7, 11) is -0.595. The van der Waals surface area contributed by atoms with Crippen LogP contribution in [0, 0.1) is 6.92 Å². The van der Waals surface area contributed by atoms with Gasteiger partial charge in [-0.25, -0.2) is 21.9 Å².